The third-order valence-electron chi connectivity index (χ3n) is 2.92. The number of hydrogen-bond acceptors (Lipinski definition) is 3. The maximum Gasteiger partial charge on any atom is 0.251 e. The Balaban J connectivity index is 2.40. The number of benzene rings is 1. The highest BCUT2D eigenvalue weighted by Gasteiger charge is 2.06. The molecule has 0 bridgehead atoms. The van der Waals surface area contributed by atoms with Crippen LogP contribution in [0.5, 0.6) is 0 Å². The summed E-state index contributed by atoms with van der Waals surface area (Å²) in [5.74, 6) is 2.02. The van der Waals surface area contributed by atoms with E-state index in [4.69, 9.17) is 0 Å². The van der Waals surface area contributed by atoms with Crippen molar-refractivity contribution in [3.8, 4) is 0 Å². The van der Waals surface area contributed by atoms with Crippen molar-refractivity contribution in [1.82, 2.24) is 5.32 Å². The van der Waals surface area contributed by atoms with Gasteiger partial charge in [0.25, 0.3) is 5.91 Å². The zero-order chi connectivity index (χ0) is 14.1. The number of hydrogen-bond donors (Lipinski definition) is 2. The van der Waals surface area contributed by atoms with E-state index in [0.717, 1.165) is 17.9 Å². The van der Waals surface area contributed by atoms with Gasteiger partial charge in [0, 0.05) is 17.9 Å². The van der Waals surface area contributed by atoms with Crippen molar-refractivity contribution in [3.05, 3.63) is 35.4 Å². The van der Waals surface area contributed by atoms with Crippen LogP contribution >= 0.6 is 11.8 Å². The van der Waals surface area contributed by atoms with Crippen LogP contribution in [0.1, 0.15) is 42.6 Å². The van der Waals surface area contributed by atoms with E-state index in [9.17, 15) is 9.90 Å². The quantitative estimate of drug-likeness (QED) is 0.770. The molecule has 0 heterocycles. The van der Waals surface area contributed by atoms with Gasteiger partial charge in [0.1, 0.15) is 0 Å². The monoisotopic (exact) mass is 281 g/mol. The molecule has 1 amide bonds. The van der Waals surface area contributed by atoms with Crippen molar-refractivity contribution in [2.24, 2.45) is 0 Å². The number of rotatable bonds is 8. The topological polar surface area (TPSA) is 49.3 Å². The van der Waals surface area contributed by atoms with Crippen molar-refractivity contribution in [2.45, 2.75) is 38.5 Å². The highest BCUT2D eigenvalue weighted by molar-refractivity contribution is 7.98. The van der Waals surface area contributed by atoms with Crippen LogP contribution in [0.15, 0.2) is 24.3 Å². The minimum absolute atomic E-state index is 0.0713. The second-order valence-corrected chi connectivity index (χ2v) is 5.71. The summed E-state index contributed by atoms with van der Waals surface area (Å²) in [5, 5.41) is 12.2. The molecule has 2 N–H and O–H groups in total. The summed E-state index contributed by atoms with van der Waals surface area (Å²) in [6.07, 6.45) is 1.00. The Labute approximate surface area is 119 Å². The molecular formula is C15H23NO2S. The van der Waals surface area contributed by atoms with E-state index in [1.807, 2.05) is 43.0 Å². The number of aliphatic hydroxyl groups excluding tert-OH is 1. The minimum Gasteiger partial charge on any atom is -0.393 e. The molecule has 1 aromatic carbocycles. The molecular weight excluding hydrogens is 258 g/mol. The molecule has 0 saturated carbocycles. The lowest BCUT2D eigenvalue weighted by Gasteiger charge is -2.09. The van der Waals surface area contributed by atoms with E-state index < -0.39 is 0 Å². The van der Waals surface area contributed by atoms with Gasteiger partial charge in [-0.25, -0.2) is 0 Å². The number of carbonyl (C=O) groups excluding carboxylic acids is 1. The summed E-state index contributed by atoms with van der Waals surface area (Å²) in [6.45, 7) is 4.58. The molecule has 1 rings (SSSR count). The molecule has 1 atom stereocenters. The lowest BCUT2D eigenvalue weighted by atomic mass is 10.1. The zero-order valence-corrected chi connectivity index (χ0v) is 12.5. The second kappa shape index (κ2) is 8.99. The van der Waals surface area contributed by atoms with E-state index in [-0.39, 0.29) is 12.0 Å². The van der Waals surface area contributed by atoms with Crippen molar-refractivity contribution in [2.75, 3.05) is 12.3 Å². The highest BCUT2D eigenvalue weighted by Crippen LogP contribution is 2.12. The first kappa shape index (κ1) is 16.1. The van der Waals surface area contributed by atoms with Crippen LogP contribution in [-0.2, 0) is 5.75 Å². The van der Waals surface area contributed by atoms with Gasteiger partial charge < -0.3 is 10.4 Å². The first-order valence-electron chi connectivity index (χ1n) is 6.80. The van der Waals surface area contributed by atoms with Crippen molar-refractivity contribution >= 4 is 17.7 Å². The summed E-state index contributed by atoms with van der Waals surface area (Å²) in [5.41, 5.74) is 1.92. The number of amides is 1. The summed E-state index contributed by atoms with van der Waals surface area (Å²) in [6, 6.07) is 7.71. The Hall–Kier alpha value is -1.00. The number of aliphatic hydroxyl groups is 1. The lowest BCUT2D eigenvalue weighted by Crippen LogP contribution is -2.26. The Morgan fingerprint density at radius 3 is 2.58 bits per heavy atom. The van der Waals surface area contributed by atoms with Gasteiger partial charge in [-0.2, -0.15) is 11.8 Å². The molecule has 3 nitrogen and oxygen atoms in total. The maximum atomic E-state index is 11.8. The Kier molecular flexibility index (Phi) is 7.60. The first-order chi connectivity index (χ1) is 9.17. The van der Waals surface area contributed by atoms with Gasteiger partial charge in [-0.1, -0.05) is 26.0 Å². The average molecular weight is 281 g/mol. The van der Waals surface area contributed by atoms with Crippen LogP contribution in [0.2, 0.25) is 0 Å². The summed E-state index contributed by atoms with van der Waals surface area (Å²) in [7, 11) is 0. The molecule has 0 aliphatic rings. The number of nitrogens with one attached hydrogen (secondary N) is 1. The van der Waals surface area contributed by atoms with Gasteiger partial charge in [-0.05, 0) is 36.3 Å². The first-order valence-corrected chi connectivity index (χ1v) is 7.95. The highest BCUT2D eigenvalue weighted by atomic mass is 32.2. The van der Waals surface area contributed by atoms with Gasteiger partial charge in [0.2, 0.25) is 0 Å². The van der Waals surface area contributed by atoms with Crippen LogP contribution in [-0.4, -0.2) is 29.4 Å². The largest absolute Gasteiger partial charge is 0.393 e. The van der Waals surface area contributed by atoms with Crippen LogP contribution in [0.3, 0.4) is 0 Å². The van der Waals surface area contributed by atoms with Crippen molar-refractivity contribution in [1.29, 1.82) is 0 Å². The van der Waals surface area contributed by atoms with Crippen molar-refractivity contribution in [3.63, 3.8) is 0 Å². The molecule has 0 spiro atoms. The predicted octanol–water partition coefficient (Wildman–Crippen LogP) is 2.83. The normalized spacial score (nSPS) is 12.2. The predicted molar refractivity (Wildman–Crippen MR) is 81.5 cm³/mol. The van der Waals surface area contributed by atoms with Crippen LogP contribution in [0.4, 0.5) is 0 Å². The molecule has 106 valence electrons. The molecule has 0 aliphatic heterocycles. The average Bonchev–Trinajstić information content (AvgIpc) is 2.45. The second-order valence-electron chi connectivity index (χ2n) is 4.44. The van der Waals surface area contributed by atoms with Gasteiger partial charge in [-0.15, -0.1) is 0 Å². The standard InChI is InChI=1S/C15H23NO2S/c1-3-14(17)9-10-16-15(18)13-7-5-12(6-8-13)11-19-4-2/h5-8,14,17H,3-4,9-11H2,1-2H3,(H,16,18). The Bertz CT molecular complexity index is 378. The fraction of sp³-hybridized carbons (Fsp3) is 0.533. The molecule has 0 saturated heterocycles. The maximum absolute atomic E-state index is 11.8. The number of carbonyl (C=O) groups is 1. The summed E-state index contributed by atoms with van der Waals surface area (Å²) in [4.78, 5) is 11.8. The summed E-state index contributed by atoms with van der Waals surface area (Å²) >= 11 is 1.87. The molecule has 19 heavy (non-hydrogen) atoms. The molecule has 1 unspecified atom stereocenters. The van der Waals surface area contributed by atoms with Gasteiger partial charge in [0.05, 0.1) is 6.10 Å². The van der Waals surface area contributed by atoms with E-state index in [0.29, 0.717) is 18.5 Å². The van der Waals surface area contributed by atoms with Crippen LogP contribution in [0.25, 0.3) is 0 Å². The van der Waals surface area contributed by atoms with Gasteiger partial charge >= 0.3 is 0 Å². The molecule has 1 aromatic rings. The fourth-order valence-electron chi connectivity index (χ4n) is 1.63. The van der Waals surface area contributed by atoms with Gasteiger partial charge in [0.15, 0.2) is 0 Å². The minimum atomic E-state index is -0.325. The van der Waals surface area contributed by atoms with E-state index in [1.165, 1.54) is 5.56 Å². The zero-order valence-electron chi connectivity index (χ0n) is 11.7. The Morgan fingerprint density at radius 1 is 1.32 bits per heavy atom. The smallest absolute Gasteiger partial charge is 0.251 e. The van der Waals surface area contributed by atoms with Crippen molar-refractivity contribution < 1.29 is 9.90 Å². The third-order valence-corrected chi connectivity index (χ3v) is 3.87. The lowest BCUT2D eigenvalue weighted by molar-refractivity contribution is 0.0942. The molecule has 0 aromatic heterocycles. The molecule has 4 heteroatoms. The SMILES string of the molecule is CCSCc1ccc(C(=O)NCCC(O)CC)cc1. The fourth-order valence-corrected chi connectivity index (χ4v) is 2.26. The summed E-state index contributed by atoms with van der Waals surface area (Å²) < 4.78 is 0. The van der Waals surface area contributed by atoms with E-state index >= 15 is 0 Å². The molecule has 0 radical (unpaired) electrons. The number of thioether (sulfide) groups is 1. The van der Waals surface area contributed by atoms with Crippen LogP contribution in [0, 0.1) is 0 Å². The van der Waals surface area contributed by atoms with E-state index in [2.05, 4.69) is 12.2 Å². The third kappa shape index (κ3) is 6.12. The molecule has 0 fully saturated rings. The molecule has 0 aliphatic carbocycles. The van der Waals surface area contributed by atoms with Gasteiger partial charge in [-0.3, -0.25) is 4.79 Å². The van der Waals surface area contributed by atoms with Crippen LogP contribution < -0.4 is 5.32 Å². The Morgan fingerprint density at radius 2 is 2.00 bits per heavy atom. The van der Waals surface area contributed by atoms with E-state index in [1.54, 1.807) is 0 Å².